The van der Waals surface area contributed by atoms with E-state index in [0.29, 0.717) is 6.07 Å². The average Bonchev–Trinajstić information content (AvgIpc) is 1.99. The van der Waals surface area contributed by atoms with Gasteiger partial charge in [0.1, 0.15) is 8.60 Å². The molecule has 0 saturated heterocycles. The molecular formula is C6H4F3IN2O2S. The standard InChI is InChI=1S/C6H4F3IN2O2S/c7-3-1-2(5(8)9)4(6(10)12-3)15(11,13)14/h1,5H,(H2,11,13,14). The molecule has 0 aliphatic carbocycles. The molecule has 0 atom stereocenters. The summed E-state index contributed by atoms with van der Waals surface area (Å²) in [5.74, 6) is -1.18. The van der Waals surface area contributed by atoms with E-state index < -0.39 is 36.6 Å². The number of pyridine rings is 1. The van der Waals surface area contributed by atoms with Gasteiger partial charge in [0.15, 0.2) is 0 Å². The molecule has 4 nitrogen and oxygen atoms in total. The number of halogens is 4. The van der Waals surface area contributed by atoms with Crippen molar-refractivity contribution in [2.75, 3.05) is 0 Å². The second kappa shape index (κ2) is 4.22. The Bertz CT molecular complexity index is 491. The van der Waals surface area contributed by atoms with E-state index in [2.05, 4.69) is 4.98 Å². The number of nitrogens with zero attached hydrogens (tertiary/aromatic N) is 1. The van der Waals surface area contributed by atoms with Crippen LogP contribution in [-0.2, 0) is 10.0 Å². The van der Waals surface area contributed by atoms with Gasteiger partial charge in [0.2, 0.25) is 16.0 Å². The fourth-order valence-corrected chi connectivity index (χ4v) is 3.15. The molecule has 0 aromatic carbocycles. The highest BCUT2D eigenvalue weighted by Gasteiger charge is 2.25. The quantitative estimate of drug-likeness (QED) is 0.646. The van der Waals surface area contributed by atoms with E-state index in [4.69, 9.17) is 5.14 Å². The van der Waals surface area contributed by atoms with Gasteiger partial charge in [-0.2, -0.15) is 4.39 Å². The van der Waals surface area contributed by atoms with Crippen molar-refractivity contribution in [2.45, 2.75) is 11.3 Å². The number of rotatable bonds is 2. The van der Waals surface area contributed by atoms with Gasteiger partial charge < -0.3 is 0 Å². The van der Waals surface area contributed by atoms with Gasteiger partial charge in [0.05, 0.1) is 0 Å². The molecule has 0 saturated carbocycles. The zero-order valence-electron chi connectivity index (χ0n) is 6.92. The van der Waals surface area contributed by atoms with Gasteiger partial charge in [-0.25, -0.2) is 27.3 Å². The Morgan fingerprint density at radius 1 is 1.47 bits per heavy atom. The smallest absolute Gasteiger partial charge is 0.225 e. The number of hydrogen-bond acceptors (Lipinski definition) is 3. The van der Waals surface area contributed by atoms with Crippen molar-refractivity contribution in [3.8, 4) is 0 Å². The Balaban J connectivity index is 3.62. The lowest BCUT2D eigenvalue weighted by molar-refractivity contribution is 0.147. The molecule has 0 radical (unpaired) electrons. The topological polar surface area (TPSA) is 73.1 Å². The van der Waals surface area contributed by atoms with Crippen molar-refractivity contribution in [3.05, 3.63) is 21.3 Å². The second-order valence-electron chi connectivity index (χ2n) is 2.50. The largest absolute Gasteiger partial charge is 0.265 e. The van der Waals surface area contributed by atoms with Gasteiger partial charge >= 0.3 is 0 Å². The van der Waals surface area contributed by atoms with E-state index in [1.54, 1.807) is 0 Å². The number of sulfonamides is 1. The number of hydrogen-bond donors (Lipinski definition) is 1. The molecule has 0 spiro atoms. The highest BCUT2D eigenvalue weighted by Crippen LogP contribution is 2.28. The Kier molecular flexibility index (Phi) is 3.55. The van der Waals surface area contributed by atoms with E-state index in [9.17, 15) is 21.6 Å². The fraction of sp³-hybridized carbons (Fsp3) is 0.167. The maximum atomic E-state index is 12.7. The second-order valence-corrected chi connectivity index (χ2v) is 5.02. The van der Waals surface area contributed by atoms with Gasteiger partial charge in [0.25, 0.3) is 6.43 Å². The molecule has 84 valence electrons. The third-order valence-corrected chi connectivity index (χ3v) is 3.59. The summed E-state index contributed by atoms with van der Waals surface area (Å²) in [7, 11) is -4.34. The van der Waals surface area contributed by atoms with Gasteiger partial charge in [-0.3, -0.25) is 0 Å². The Hall–Kier alpha value is -0.420. The van der Waals surface area contributed by atoms with E-state index in [1.165, 1.54) is 22.6 Å². The maximum absolute atomic E-state index is 12.7. The van der Waals surface area contributed by atoms with Crippen molar-refractivity contribution in [1.29, 1.82) is 0 Å². The van der Waals surface area contributed by atoms with Crippen LogP contribution >= 0.6 is 22.6 Å². The van der Waals surface area contributed by atoms with Gasteiger partial charge in [-0.1, -0.05) is 0 Å². The van der Waals surface area contributed by atoms with Gasteiger partial charge in [-0.15, -0.1) is 0 Å². The van der Waals surface area contributed by atoms with Crippen LogP contribution < -0.4 is 5.14 Å². The zero-order valence-corrected chi connectivity index (χ0v) is 9.89. The molecule has 0 unspecified atom stereocenters. The number of alkyl halides is 2. The highest BCUT2D eigenvalue weighted by molar-refractivity contribution is 14.1. The Labute approximate surface area is 96.9 Å². The zero-order chi connectivity index (χ0) is 11.8. The van der Waals surface area contributed by atoms with Crippen molar-refractivity contribution < 1.29 is 21.6 Å². The van der Waals surface area contributed by atoms with Crippen LogP contribution in [0.4, 0.5) is 13.2 Å². The van der Waals surface area contributed by atoms with E-state index >= 15 is 0 Å². The van der Waals surface area contributed by atoms with Crippen LogP contribution in [0.3, 0.4) is 0 Å². The molecule has 0 bridgehead atoms. The lowest BCUT2D eigenvalue weighted by Gasteiger charge is -2.08. The monoisotopic (exact) mass is 352 g/mol. The molecule has 1 rings (SSSR count). The van der Waals surface area contributed by atoms with Crippen LogP contribution in [0, 0.1) is 9.65 Å². The summed E-state index contributed by atoms with van der Waals surface area (Å²) in [6.45, 7) is 0. The van der Waals surface area contributed by atoms with Crippen LogP contribution in [-0.4, -0.2) is 13.4 Å². The van der Waals surface area contributed by atoms with Crippen molar-refractivity contribution in [3.63, 3.8) is 0 Å². The summed E-state index contributed by atoms with van der Waals surface area (Å²) in [6, 6.07) is 0.354. The first-order valence-corrected chi connectivity index (χ1v) is 6.03. The predicted molar refractivity (Wildman–Crippen MR) is 53.2 cm³/mol. The Morgan fingerprint density at radius 3 is 2.40 bits per heavy atom. The molecule has 2 N–H and O–H groups in total. The predicted octanol–water partition coefficient (Wildman–Crippen LogP) is 1.41. The molecular weight excluding hydrogens is 348 g/mol. The summed E-state index contributed by atoms with van der Waals surface area (Å²) >= 11 is 1.33. The molecule has 0 fully saturated rings. The normalized spacial score (nSPS) is 12.1. The van der Waals surface area contributed by atoms with Crippen molar-refractivity contribution in [2.24, 2.45) is 5.14 Å². The van der Waals surface area contributed by atoms with E-state index in [-0.39, 0.29) is 0 Å². The number of primary sulfonamides is 1. The summed E-state index contributed by atoms with van der Waals surface area (Å²) in [5.41, 5.74) is -0.977. The molecule has 9 heteroatoms. The van der Waals surface area contributed by atoms with E-state index in [1.807, 2.05) is 0 Å². The molecule has 1 aromatic rings. The van der Waals surface area contributed by atoms with Crippen molar-refractivity contribution in [1.82, 2.24) is 4.98 Å². The summed E-state index contributed by atoms with van der Waals surface area (Å²) in [6.07, 6.45) is -3.13. The first-order valence-electron chi connectivity index (χ1n) is 3.40. The molecule has 0 amide bonds. The van der Waals surface area contributed by atoms with Gasteiger partial charge in [0, 0.05) is 11.6 Å². The summed E-state index contributed by atoms with van der Waals surface area (Å²) < 4.78 is 59.0. The minimum absolute atomic E-state index is 0.354. The first-order chi connectivity index (χ1) is 6.73. The van der Waals surface area contributed by atoms with Crippen LogP contribution in [0.25, 0.3) is 0 Å². The fourth-order valence-electron chi connectivity index (χ4n) is 0.934. The lowest BCUT2D eigenvalue weighted by atomic mass is 10.3. The minimum Gasteiger partial charge on any atom is -0.225 e. The van der Waals surface area contributed by atoms with Crippen LogP contribution in [0.2, 0.25) is 0 Å². The molecule has 15 heavy (non-hydrogen) atoms. The van der Waals surface area contributed by atoms with E-state index in [0.717, 1.165) is 0 Å². The van der Waals surface area contributed by atoms with Crippen LogP contribution in [0.15, 0.2) is 11.0 Å². The summed E-state index contributed by atoms with van der Waals surface area (Å²) in [4.78, 5) is 2.28. The highest BCUT2D eigenvalue weighted by atomic mass is 127. The molecule has 1 heterocycles. The molecule has 0 aliphatic heterocycles. The third kappa shape index (κ3) is 2.78. The average molecular weight is 352 g/mol. The number of aromatic nitrogens is 1. The molecule has 0 aliphatic rings. The van der Waals surface area contributed by atoms with Gasteiger partial charge in [-0.05, 0) is 22.6 Å². The SMILES string of the molecule is NS(=O)(=O)c1c(C(F)F)cc(F)nc1I. The minimum atomic E-state index is -4.34. The molecule has 1 aromatic heterocycles. The van der Waals surface area contributed by atoms with Crippen LogP contribution in [0.5, 0.6) is 0 Å². The van der Waals surface area contributed by atoms with Crippen molar-refractivity contribution >= 4 is 32.6 Å². The first kappa shape index (κ1) is 12.6. The number of nitrogens with two attached hydrogens (primary N) is 1. The third-order valence-electron chi connectivity index (χ3n) is 1.45. The lowest BCUT2D eigenvalue weighted by Crippen LogP contribution is -2.18. The summed E-state index contributed by atoms with van der Waals surface area (Å²) in [5, 5.41) is 4.72. The Morgan fingerprint density at radius 2 is 2.00 bits per heavy atom. The maximum Gasteiger partial charge on any atom is 0.265 e. The van der Waals surface area contributed by atoms with Crippen LogP contribution in [0.1, 0.15) is 12.0 Å².